The lowest BCUT2D eigenvalue weighted by molar-refractivity contribution is 0.299. The molecule has 0 saturated heterocycles. The van der Waals surface area contributed by atoms with Crippen LogP contribution in [0.2, 0.25) is 5.02 Å². The molecule has 15 heavy (non-hydrogen) atoms. The number of H-pyrrole nitrogens is 1. The number of aromatic amines is 1. The van der Waals surface area contributed by atoms with E-state index < -0.39 is 0 Å². The van der Waals surface area contributed by atoms with E-state index in [1.54, 1.807) is 12.1 Å². The second-order valence-electron chi connectivity index (χ2n) is 3.30. The van der Waals surface area contributed by atoms with E-state index in [2.05, 4.69) is 4.98 Å². The van der Waals surface area contributed by atoms with Gasteiger partial charge in [-0.2, -0.15) is 0 Å². The van der Waals surface area contributed by atoms with Crippen LogP contribution in [0.3, 0.4) is 0 Å². The number of aromatic nitrogens is 1. The van der Waals surface area contributed by atoms with Gasteiger partial charge in [0.25, 0.3) is 5.56 Å². The van der Waals surface area contributed by atoms with Gasteiger partial charge < -0.3 is 10.1 Å². The minimum Gasteiger partial charge on any atom is -0.396 e. The van der Waals surface area contributed by atoms with Gasteiger partial charge in [0.2, 0.25) is 0 Å². The summed E-state index contributed by atoms with van der Waals surface area (Å²) < 4.78 is 0. The Labute approximate surface area is 91.3 Å². The fourth-order valence-corrected chi connectivity index (χ4v) is 1.78. The molecule has 0 aliphatic rings. The molecular weight excluding hydrogens is 214 g/mol. The first-order chi connectivity index (χ1) is 7.22. The van der Waals surface area contributed by atoms with E-state index in [0.29, 0.717) is 22.5 Å². The SMILES string of the molecule is O=c1[nH]c2c(Cl)cccc2cc1CCO. The van der Waals surface area contributed by atoms with Crippen LogP contribution in [0.1, 0.15) is 5.56 Å². The maximum Gasteiger partial charge on any atom is 0.251 e. The molecule has 2 aromatic rings. The molecule has 4 heteroatoms. The summed E-state index contributed by atoms with van der Waals surface area (Å²) in [6, 6.07) is 7.19. The Morgan fingerprint density at radius 1 is 1.40 bits per heavy atom. The Bertz CT molecular complexity index is 548. The number of nitrogens with one attached hydrogen (secondary N) is 1. The molecule has 0 spiro atoms. The van der Waals surface area contributed by atoms with E-state index in [1.807, 2.05) is 12.1 Å². The lowest BCUT2D eigenvalue weighted by atomic mass is 10.1. The van der Waals surface area contributed by atoms with E-state index in [4.69, 9.17) is 16.7 Å². The molecule has 0 fully saturated rings. The number of para-hydroxylation sites is 1. The van der Waals surface area contributed by atoms with Crippen LogP contribution < -0.4 is 5.56 Å². The van der Waals surface area contributed by atoms with Crippen molar-refractivity contribution in [3.8, 4) is 0 Å². The van der Waals surface area contributed by atoms with Crippen molar-refractivity contribution in [1.82, 2.24) is 4.98 Å². The summed E-state index contributed by atoms with van der Waals surface area (Å²) in [5.41, 5.74) is 1.03. The van der Waals surface area contributed by atoms with Crippen molar-refractivity contribution in [1.29, 1.82) is 0 Å². The number of aliphatic hydroxyl groups excluding tert-OH is 1. The fourth-order valence-electron chi connectivity index (χ4n) is 1.55. The van der Waals surface area contributed by atoms with Gasteiger partial charge in [0, 0.05) is 24.0 Å². The molecule has 78 valence electrons. The first-order valence-corrected chi connectivity index (χ1v) is 5.01. The quantitative estimate of drug-likeness (QED) is 0.815. The molecule has 1 heterocycles. The largest absolute Gasteiger partial charge is 0.396 e. The molecule has 0 amide bonds. The fraction of sp³-hybridized carbons (Fsp3) is 0.182. The zero-order valence-corrected chi connectivity index (χ0v) is 8.71. The molecule has 0 aliphatic heterocycles. The van der Waals surface area contributed by atoms with Gasteiger partial charge >= 0.3 is 0 Å². The third-order valence-corrected chi connectivity index (χ3v) is 2.60. The Hall–Kier alpha value is -1.32. The Morgan fingerprint density at radius 2 is 2.20 bits per heavy atom. The molecule has 1 aromatic carbocycles. The molecule has 3 nitrogen and oxygen atoms in total. The smallest absolute Gasteiger partial charge is 0.251 e. The number of halogens is 1. The van der Waals surface area contributed by atoms with Crippen LogP contribution >= 0.6 is 11.6 Å². The van der Waals surface area contributed by atoms with Gasteiger partial charge in [0.15, 0.2) is 0 Å². The average molecular weight is 224 g/mol. The molecule has 2 rings (SSSR count). The number of benzene rings is 1. The average Bonchev–Trinajstić information content (AvgIpc) is 2.21. The van der Waals surface area contributed by atoms with Gasteiger partial charge in [0.1, 0.15) is 0 Å². The van der Waals surface area contributed by atoms with Gasteiger partial charge in [-0.1, -0.05) is 23.7 Å². The van der Waals surface area contributed by atoms with E-state index >= 15 is 0 Å². The zero-order chi connectivity index (χ0) is 10.8. The third kappa shape index (κ3) is 1.89. The Balaban J connectivity index is 2.71. The molecule has 0 atom stereocenters. The number of hydrogen-bond acceptors (Lipinski definition) is 2. The van der Waals surface area contributed by atoms with Gasteiger partial charge in [-0.05, 0) is 12.1 Å². The second-order valence-corrected chi connectivity index (χ2v) is 3.71. The molecule has 0 bridgehead atoms. The van der Waals surface area contributed by atoms with E-state index in [-0.39, 0.29) is 12.2 Å². The summed E-state index contributed by atoms with van der Waals surface area (Å²) in [7, 11) is 0. The number of aliphatic hydroxyl groups is 1. The van der Waals surface area contributed by atoms with Crippen LogP contribution in [0.15, 0.2) is 29.1 Å². The van der Waals surface area contributed by atoms with Crippen molar-refractivity contribution in [3.63, 3.8) is 0 Å². The lowest BCUT2D eigenvalue weighted by Gasteiger charge is -2.02. The molecule has 0 unspecified atom stereocenters. The van der Waals surface area contributed by atoms with Crippen molar-refractivity contribution in [2.45, 2.75) is 6.42 Å². The normalized spacial score (nSPS) is 10.8. The van der Waals surface area contributed by atoms with Crippen LogP contribution in [-0.4, -0.2) is 16.7 Å². The van der Waals surface area contributed by atoms with Crippen molar-refractivity contribution >= 4 is 22.5 Å². The maximum atomic E-state index is 11.6. The van der Waals surface area contributed by atoms with E-state index in [0.717, 1.165) is 5.39 Å². The molecular formula is C11H10ClNO2. The maximum absolute atomic E-state index is 11.6. The highest BCUT2D eigenvalue weighted by atomic mass is 35.5. The van der Waals surface area contributed by atoms with Crippen LogP contribution in [0.5, 0.6) is 0 Å². The first kappa shape index (κ1) is 10.2. The van der Waals surface area contributed by atoms with Gasteiger partial charge in [-0.25, -0.2) is 0 Å². The molecule has 2 N–H and O–H groups in total. The summed E-state index contributed by atoms with van der Waals surface area (Å²) in [6.07, 6.45) is 0.359. The Morgan fingerprint density at radius 3 is 2.93 bits per heavy atom. The van der Waals surface area contributed by atoms with Crippen molar-refractivity contribution in [2.75, 3.05) is 6.61 Å². The molecule has 0 saturated carbocycles. The number of pyridine rings is 1. The lowest BCUT2D eigenvalue weighted by Crippen LogP contribution is -2.13. The highest BCUT2D eigenvalue weighted by Gasteiger charge is 2.04. The van der Waals surface area contributed by atoms with Gasteiger partial charge in [0.05, 0.1) is 10.5 Å². The highest BCUT2D eigenvalue weighted by Crippen LogP contribution is 2.20. The summed E-state index contributed by atoms with van der Waals surface area (Å²) in [6.45, 7) is -0.0326. The topological polar surface area (TPSA) is 53.1 Å². The van der Waals surface area contributed by atoms with Crippen LogP contribution in [-0.2, 0) is 6.42 Å². The predicted octanol–water partition coefficient (Wildman–Crippen LogP) is 1.72. The number of hydrogen-bond donors (Lipinski definition) is 2. The van der Waals surface area contributed by atoms with Crippen molar-refractivity contribution in [3.05, 3.63) is 45.2 Å². The van der Waals surface area contributed by atoms with Gasteiger partial charge in [-0.3, -0.25) is 4.79 Å². The van der Waals surface area contributed by atoms with Crippen molar-refractivity contribution in [2.24, 2.45) is 0 Å². The highest BCUT2D eigenvalue weighted by molar-refractivity contribution is 6.35. The van der Waals surface area contributed by atoms with Crippen LogP contribution in [0, 0.1) is 0 Å². The monoisotopic (exact) mass is 223 g/mol. The molecule has 0 aliphatic carbocycles. The Kier molecular flexibility index (Phi) is 2.75. The predicted molar refractivity (Wildman–Crippen MR) is 60.4 cm³/mol. The summed E-state index contributed by atoms with van der Waals surface area (Å²) in [4.78, 5) is 14.3. The van der Waals surface area contributed by atoms with Crippen LogP contribution in [0.25, 0.3) is 10.9 Å². The van der Waals surface area contributed by atoms with E-state index in [1.165, 1.54) is 0 Å². The first-order valence-electron chi connectivity index (χ1n) is 4.63. The summed E-state index contributed by atoms with van der Waals surface area (Å²) >= 11 is 5.94. The van der Waals surface area contributed by atoms with Crippen molar-refractivity contribution < 1.29 is 5.11 Å². The standard InChI is InChI=1S/C11H10ClNO2/c12-9-3-1-2-7-6-8(4-5-14)11(15)13-10(7)9/h1-3,6,14H,4-5H2,(H,13,15). The minimum absolute atomic E-state index is 0.0326. The second kappa shape index (κ2) is 4.04. The number of rotatable bonds is 2. The van der Waals surface area contributed by atoms with Gasteiger partial charge in [-0.15, -0.1) is 0 Å². The van der Waals surface area contributed by atoms with Crippen LogP contribution in [0.4, 0.5) is 0 Å². The summed E-state index contributed by atoms with van der Waals surface area (Å²) in [5.74, 6) is 0. The minimum atomic E-state index is -0.190. The third-order valence-electron chi connectivity index (χ3n) is 2.29. The summed E-state index contributed by atoms with van der Waals surface area (Å²) in [5, 5.41) is 10.2. The number of fused-ring (bicyclic) bond motifs is 1. The molecule has 1 aromatic heterocycles. The van der Waals surface area contributed by atoms with E-state index in [9.17, 15) is 4.79 Å². The zero-order valence-electron chi connectivity index (χ0n) is 7.96. The molecule has 0 radical (unpaired) electrons.